The van der Waals surface area contributed by atoms with Crippen molar-refractivity contribution in [2.75, 3.05) is 37.7 Å². The van der Waals surface area contributed by atoms with Crippen LogP contribution in [0.1, 0.15) is 24.2 Å². The number of aliphatic hydroxyl groups is 1. The predicted molar refractivity (Wildman–Crippen MR) is 116 cm³/mol. The molecule has 8 nitrogen and oxygen atoms in total. The van der Waals surface area contributed by atoms with Crippen LogP contribution in [0.3, 0.4) is 0 Å². The van der Waals surface area contributed by atoms with Gasteiger partial charge in [-0.15, -0.1) is 0 Å². The summed E-state index contributed by atoms with van der Waals surface area (Å²) in [6.45, 7) is 6.04. The molecule has 0 bridgehead atoms. The molecule has 2 aromatic heterocycles. The smallest absolute Gasteiger partial charge is 0.261 e. The van der Waals surface area contributed by atoms with E-state index in [1.165, 1.54) is 35.1 Å². The zero-order valence-corrected chi connectivity index (χ0v) is 17.2. The van der Waals surface area contributed by atoms with E-state index in [0.717, 1.165) is 51.4 Å². The Bertz CT molecular complexity index is 1070. The first-order valence-electron chi connectivity index (χ1n) is 10.8. The predicted octanol–water partition coefficient (Wildman–Crippen LogP) is 1.24. The molecule has 8 heteroatoms. The van der Waals surface area contributed by atoms with Crippen molar-refractivity contribution in [1.29, 1.82) is 0 Å². The first kappa shape index (κ1) is 19.3. The van der Waals surface area contributed by atoms with E-state index in [1.807, 2.05) is 18.2 Å². The van der Waals surface area contributed by atoms with Crippen LogP contribution >= 0.6 is 0 Å². The number of fused-ring (bicyclic) bond motifs is 2. The number of rotatable bonds is 5. The van der Waals surface area contributed by atoms with E-state index < -0.39 is 0 Å². The number of hydrogen-bond acceptors (Lipinski definition) is 6. The van der Waals surface area contributed by atoms with Crippen LogP contribution in [-0.4, -0.2) is 62.1 Å². The normalized spacial score (nSPS) is 17.4. The maximum absolute atomic E-state index is 12.5. The van der Waals surface area contributed by atoms with Crippen LogP contribution in [0.2, 0.25) is 0 Å². The van der Waals surface area contributed by atoms with E-state index in [9.17, 15) is 4.79 Å². The molecule has 30 heavy (non-hydrogen) atoms. The van der Waals surface area contributed by atoms with Gasteiger partial charge >= 0.3 is 0 Å². The number of benzene rings is 1. The van der Waals surface area contributed by atoms with E-state index >= 15 is 0 Å². The van der Waals surface area contributed by atoms with Crippen LogP contribution in [0.25, 0.3) is 10.9 Å². The van der Waals surface area contributed by atoms with Gasteiger partial charge in [0.05, 0.1) is 36.1 Å². The monoisotopic (exact) mass is 408 g/mol. The number of aliphatic hydroxyl groups excluding tert-OH is 1. The molecule has 0 aliphatic carbocycles. The highest BCUT2D eigenvalue weighted by molar-refractivity contribution is 5.81. The van der Waals surface area contributed by atoms with Gasteiger partial charge in [-0.3, -0.25) is 18.9 Å². The third kappa shape index (κ3) is 3.73. The second-order valence-electron chi connectivity index (χ2n) is 8.24. The summed E-state index contributed by atoms with van der Waals surface area (Å²) < 4.78 is 3.64. The number of hydrogen-bond donors (Lipinski definition) is 1. The molecule has 0 radical (unpaired) electrons. The summed E-state index contributed by atoms with van der Waals surface area (Å²) in [4.78, 5) is 21.7. The Morgan fingerprint density at radius 3 is 2.70 bits per heavy atom. The molecule has 1 fully saturated rings. The molecule has 2 aliphatic heterocycles. The van der Waals surface area contributed by atoms with Crippen LogP contribution in [0.4, 0.5) is 5.69 Å². The van der Waals surface area contributed by atoms with Crippen LogP contribution in [0.15, 0.2) is 35.4 Å². The van der Waals surface area contributed by atoms with E-state index in [1.54, 1.807) is 0 Å². The molecule has 0 amide bonds. The molecule has 1 N–H and O–H groups in total. The highest BCUT2D eigenvalue weighted by atomic mass is 16.3. The highest BCUT2D eigenvalue weighted by Crippen LogP contribution is 2.22. The SMILES string of the molecule is O=c1c2ccc(N3CCN(Cc4cc5n(n4)CCCC5)CC3)cc2ncn1CCO. The zero-order valence-electron chi connectivity index (χ0n) is 17.2. The first-order chi connectivity index (χ1) is 14.7. The van der Waals surface area contributed by atoms with E-state index in [0.29, 0.717) is 10.9 Å². The fraction of sp³-hybridized carbons (Fsp3) is 0.500. The molecule has 158 valence electrons. The fourth-order valence-corrected chi connectivity index (χ4v) is 4.56. The first-order valence-corrected chi connectivity index (χ1v) is 10.8. The van der Waals surface area contributed by atoms with Crippen molar-refractivity contribution < 1.29 is 5.11 Å². The Kier molecular flexibility index (Phi) is 5.26. The third-order valence-electron chi connectivity index (χ3n) is 6.24. The van der Waals surface area contributed by atoms with Gasteiger partial charge in [0, 0.05) is 50.6 Å². The van der Waals surface area contributed by atoms with Gasteiger partial charge < -0.3 is 10.0 Å². The van der Waals surface area contributed by atoms with Crippen LogP contribution in [0, 0.1) is 0 Å². The molecule has 1 saturated heterocycles. The largest absolute Gasteiger partial charge is 0.395 e. The average molecular weight is 409 g/mol. The summed E-state index contributed by atoms with van der Waals surface area (Å²) in [5.41, 5.74) is 4.28. The lowest BCUT2D eigenvalue weighted by molar-refractivity contribution is 0.246. The Balaban J connectivity index is 1.25. The highest BCUT2D eigenvalue weighted by Gasteiger charge is 2.20. The lowest BCUT2D eigenvalue weighted by Crippen LogP contribution is -2.46. The van der Waals surface area contributed by atoms with Crippen LogP contribution in [-0.2, 0) is 26.1 Å². The standard InChI is InChI=1S/C22H28N6O2/c29-12-11-27-16-23-21-14-18(4-5-20(21)22(27)30)26-9-7-25(8-10-26)15-17-13-19-3-1-2-6-28(19)24-17/h4-5,13-14,16,29H,1-3,6-12,15H2. The Morgan fingerprint density at radius 1 is 1.03 bits per heavy atom. The number of aryl methyl sites for hydroxylation is 2. The molecule has 0 saturated carbocycles. The van der Waals surface area contributed by atoms with Gasteiger partial charge in [-0.05, 0) is 43.5 Å². The second-order valence-corrected chi connectivity index (χ2v) is 8.24. The minimum absolute atomic E-state index is 0.0724. The van der Waals surface area contributed by atoms with Crippen molar-refractivity contribution in [2.24, 2.45) is 0 Å². The summed E-state index contributed by atoms with van der Waals surface area (Å²) in [6.07, 6.45) is 5.19. The molecular weight excluding hydrogens is 380 g/mol. The molecule has 0 spiro atoms. The molecule has 1 aromatic carbocycles. The number of anilines is 1. The van der Waals surface area contributed by atoms with Crippen LogP contribution in [0.5, 0.6) is 0 Å². The molecular formula is C22H28N6O2. The van der Waals surface area contributed by atoms with Gasteiger partial charge in [0.15, 0.2) is 0 Å². The zero-order chi connectivity index (χ0) is 20.5. The summed E-state index contributed by atoms with van der Waals surface area (Å²) in [5, 5.41) is 14.5. The van der Waals surface area contributed by atoms with Gasteiger partial charge in [0.25, 0.3) is 5.56 Å². The number of aromatic nitrogens is 4. The average Bonchev–Trinajstić information content (AvgIpc) is 3.18. The second kappa shape index (κ2) is 8.20. The van der Waals surface area contributed by atoms with E-state index in [2.05, 4.69) is 25.5 Å². The Labute approximate surface area is 175 Å². The quantitative estimate of drug-likeness (QED) is 0.684. The van der Waals surface area contributed by atoms with Crippen LogP contribution < -0.4 is 10.5 Å². The van der Waals surface area contributed by atoms with Gasteiger partial charge in [0.2, 0.25) is 0 Å². The molecule has 3 aromatic rings. The summed E-state index contributed by atoms with van der Waals surface area (Å²) in [6, 6.07) is 8.15. The van der Waals surface area contributed by atoms with Gasteiger partial charge in [-0.2, -0.15) is 5.10 Å². The fourth-order valence-electron chi connectivity index (χ4n) is 4.56. The van der Waals surface area contributed by atoms with Crippen molar-refractivity contribution >= 4 is 16.6 Å². The van der Waals surface area contributed by atoms with Gasteiger partial charge in [-0.25, -0.2) is 4.98 Å². The van der Waals surface area contributed by atoms with Crippen molar-refractivity contribution in [3.63, 3.8) is 0 Å². The van der Waals surface area contributed by atoms with Gasteiger partial charge in [-0.1, -0.05) is 0 Å². The third-order valence-corrected chi connectivity index (χ3v) is 6.24. The van der Waals surface area contributed by atoms with Crippen molar-refractivity contribution in [3.05, 3.63) is 52.3 Å². The molecule has 4 heterocycles. The Hall–Kier alpha value is -2.71. The topological polar surface area (TPSA) is 79.4 Å². The summed E-state index contributed by atoms with van der Waals surface area (Å²) in [7, 11) is 0. The minimum atomic E-state index is -0.104. The lowest BCUT2D eigenvalue weighted by atomic mass is 10.1. The van der Waals surface area contributed by atoms with Gasteiger partial charge in [0.1, 0.15) is 0 Å². The van der Waals surface area contributed by atoms with E-state index in [4.69, 9.17) is 10.2 Å². The summed E-state index contributed by atoms with van der Waals surface area (Å²) >= 11 is 0. The molecule has 0 atom stereocenters. The van der Waals surface area contributed by atoms with E-state index in [-0.39, 0.29) is 18.7 Å². The number of piperazine rings is 1. The van der Waals surface area contributed by atoms with Crippen molar-refractivity contribution in [1.82, 2.24) is 24.2 Å². The Morgan fingerprint density at radius 2 is 1.90 bits per heavy atom. The maximum Gasteiger partial charge on any atom is 0.261 e. The minimum Gasteiger partial charge on any atom is -0.395 e. The molecule has 2 aliphatic rings. The lowest BCUT2D eigenvalue weighted by Gasteiger charge is -2.35. The van der Waals surface area contributed by atoms with Crippen molar-refractivity contribution in [2.45, 2.75) is 38.9 Å². The molecule has 5 rings (SSSR count). The number of nitrogens with zero attached hydrogens (tertiary/aromatic N) is 6. The molecule has 0 unspecified atom stereocenters. The maximum atomic E-state index is 12.5. The summed E-state index contributed by atoms with van der Waals surface area (Å²) in [5.74, 6) is 0. The van der Waals surface area contributed by atoms with Crippen molar-refractivity contribution in [3.8, 4) is 0 Å².